The van der Waals surface area contributed by atoms with E-state index in [1.54, 1.807) is 24.3 Å². The Morgan fingerprint density at radius 3 is 2.34 bits per heavy atom. The zero-order valence-corrected chi connectivity index (χ0v) is 19.8. The summed E-state index contributed by atoms with van der Waals surface area (Å²) in [6, 6.07) is 14.8. The predicted octanol–water partition coefficient (Wildman–Crippen LogP) is 6.14. The van der Waals surface area contributed by atoms with Crippen molar-refractivity contribution in [3.05, 3.63) is 93.1 Å². The summed E-state index contributed by atoms with van der Waals surface area (Å²) in [6.07, 6.45) is -0.951. The quantitative estimate of drug-likeness (QED) is 0.182. The maximum Gasteiger partial charge on any atom is 0.352 e. The van der Waals surface area contributed by atoms with Crippen LogP contribution in [0.25, 0.3) is 22.1 Å². The Hall–Kier alpha value is -3.97. The molecule has 0 radical (unpaired) electrons. The number of ether oxygens (including phenoxy) is 2. The molecule has 0 fully saturated rings. The SMILES string of the molecule is CC(=O)c1ccc(O[C@H](C)C(=O)Oc2ccc3c(=O)c(-c4c(F)cccc4Cl)c(C)oc3c2)cc1. The number of Topliss-reactive ketones (excluding diaryl/α,β-unsaturated/α-hetero) is 1. The highest BCUT2D eigenvalue weighted by Gasteiger charge is 2.21. The third-order valence-electron chi connectivity index (χ3n) is 5.38. The van der Waals surface area contributed by atoms with E-state index in [0.29, 0.717) is 11.3 Å². The Balaban J connectivity index is 1.57. The zero-order valence-electron chi connectivity index (χ0n) is 19.1. The number of carbonyl (C=O) groups is 2. The molecule has 0 aliphatic rings. The first-order chi connectivity index (χ1) is 16.7. The number of benzene rings is 3. The smallest absolute Gasteiger partial charge is 0.352 e. The lowest BCUT2D eigenvalue weighted by atomic mass is 10.0. The van der Waals surface area contributed by atoms with Gasteiger partial charge in [0.1, 0.15) is 28.7 Å². The minimum absolute atomic E-state index is 0.0277. The molecule has 0 N–H and O–H groups in total. The lowest BCUT2D eigenvalue weighted by Gasteiger charge is -2.14. The molecule has 0 unspecified atom stereocenters. The van der Waals surface area contributed by atoms with Crippen LogP contribution >= 0.6 is 11.6 Å². The molecule has 0 amide bonds. The van der Waals surface area contributed by atoms with Gasteiger partial charge in [0.05, 0.1) is 16.0 Å². The highest BCUT2D eigenvalue weighted by atomic mass is 35.5. The lowest BCUT2D eigenvalue weighted by molar-refractivity contribution is -0.141. The molecule has 1 heterocycles. The summed E-state index contributed by atoms with van der Waals surface area (Å²) in [7, 11) is 0. The maximum absolute atomic E-state index is 14.4. The van der Waals surface area contributed by atoms with Gasteiger partial charge in [0, 0.05) is 17.2 Å². The fourth-order valence-corrected chi connectivity index (χ4v) is 3.85. The molecule has 8 heteroatoms. The third-order valence-corrected chi connectivity index (χ3v) is 5.69. The van der Waals surface area contributed by atoms with Crippen molar-refractivity contribution in [2.75, 3.05) is 0 Å². The Bertz CT molecular complexity index is 1490. The Kier molecular flexibility index (Phi) is 6.71. The highest BCUT2D eigenvalue weighted by molar-refractivity contribution is 6.33. The molecule has 1 aromatic heterocycles. The van der Waals surface area contributed by atoms with Crippen molar-refractivity contribution in [3.8, 4) is 22.6 Å². The fraction of sp³-hybridized carbons (Fsp3) is 0.148. The number of halogens is 2. The van der Waals surface area contributed by atoms with E-state index in [4.69, 9.17) is 25.5 Å². The molecule has 0 aliphatic heterocycles. The van der Waals surface area contributed by atoms with E-state index < -0.39 is 23.3 Å². The molecule has 0 aliphatic carbocycles. The summed E-state index contributed by atoms with van der Waals surface area (Å²) in [5.41, 5.74) is 0.242. The van der Waals surface area contributed by atoms with Crippen LogP contribution < -0.4 is 14.9 Å². The average molecular weight is 495 g/mol. The highest BCUT2D eigenvalue weighted by Crippen LogP contribution is 2.33. The van der Waals surface area contributed by atoms with Gasteiger partial charge in [-0.2, -0.15) is 0 Å². The van der Waals surface area contributed by atoms with Crippen LogP contribution in [0.3, 0.4) is 0 Å². The predicted molar refractivity (Wildman–Crippen MR) is 130 cm³/mol. The van der Waals surface area contributed by atoms with Crippen molar-refractivity contribution in [3.63, 3.8) is 0 Å². The van der Waals surface area contributed by atoms with Gasteiger partial charge in [-0.3, -0.25) is 9.59 Å². The number of aryl methyl sites for hydroxylation is 1. The molecule has 0 saturated heterocycles. The molecule has 4 aromatic rings. The van der Waals surface area contributed by atoms with E-state index in [-0.39, 0.29) is 44.4 Å². The Morgan fingerprint density at radius 1 is 1.00 bits per heavy atom. The number of ketones is 1. The molecule has 4 rings (SSSR count). The summed E-state index contributed by atoms with van der Waals surface area (Å²) < 4.78 is 31.2. The van der Waals surface area contributed by atoms with Gasteiger partial charge in [-0.25, -0.2) is 9.18 Å². The van der Waals surface area contributed by atoms with E-state index >= 15 is 0 Å². The minimum atomic E-state index is -0.951. The second-order valence-electron chi connectivity index (χ2n) is 7.88. The topological polar surface area (TPSA) is 82.8 Å². The molecule has 0 bridgehead atoms. The monoisotopic (exact) mass is 494 g/mol. The number of carbonyl (C=O) groups excluding carboxylic acids is 2. The van der Waals surface area contributed by atoms with Crippen molar-refractivity contribution >= 4 is 34.3 Å². The standard InChI is InChI=1S/C27H20ClFO6/c1-14(30)17-7-9-18(10-8-17)33-16(3)27(32)35-19-11-12-20-23(13-19)34-15(2)24(26(20)31)25-21(28)5-4-6-22(25)29/h4-13,16H,1-3H3/t16-/m1/s1. The third kappa shape index (κ3) is 4.95. The Labute approximate surface area is 204 Å². The zero-order chi connectivity index (χ0) is 25.3. The molecular weight excluding hydrogens is 475 g/mol. The maximum atomic E-state index is 14.4. The van der Waals surface area contributed by atoms with Crippen LogP contribution in [0.4, 0.5) is 4.39 Å². The van der Waals surface area contributed by atoms with Gasteiger partial charge in [0.15, 0.2) is 11.9 Å². The number of hydrogen-bond donors (Lipinski definition) is 0. The van der Waals surface area contributed by atoms with Crippen molar-refractivity contribution in [1.82, 2.24) is 0 Å². The van der Waals surface area contributed by atoms with Crippen LogP contribution in [-0.4, -0.2) is 17.9 Å². The average Bonchev–Trinajstić information content (AvgIpc) is 2.81. The van der Waals surface area contributed by atoms with E-state index in [1.807, 2.05) is 0 Å². The summed E-state index contributed by atoms with van der Waals surface area (Å²) in [5.74, 6) is -0.672. The molecule has 178 valence electrons. The van der Waals surface area contributed by atoms with E-state index in [0.717, 1.165) is 0 Å². The molecule has 35 heavy (non-hydrogen) atoms. The van der Waals surface area contributed by atoms with Gasteiger partial charge < -0.3 is 13.9 Å². The van der Waals surface area contributed by atoms with Crippen LogP contribution in [0.2, 0.25) is 5.02 Å². The van der Waals surface area contributed by atoms with Gasteiger partial charge in [-0.1, -0.05) is 17.7 Å². The molecule has 1 atom stereocenters. The second kappa shape index (κ2) is 9.72. The largest absolute Gasteiger partial charge is 0.479 e. The van der Waals surface area contributed by atoms with Crippen molar-refractivity contribution in [2.24, 2.45) is 0 Å². The van der Waals surface area contributed by atoms with Gasteiger partial charge in [-0.05, 0) is 69.3 Å². The molecule has 3 aromatic carbocycles. The van der Waals surface area contributed by atoms with Crippen LogP contribution in [0, 0.1) is 12.7 Å². The number of rotatable bonds is 6. The van der Waals surface area contributed by atoms with Gasteiger partial charge >= 0.3 is 5.97 Å². The first-order valence-electron chi connectivity index (χ1n) is 10.7. The number of esters is 1. The first kappa shape index (κ1) is 24.2. The van der Waals surface area contributed by atoms with Crippen molar-refractivity contribution in [1.29, 1.82) is 0 Å². The van der Waals surface area contributed by atoms with Gasteiger partial charge in [0.25, 0.3) is 0 Å². The minimum Gasteiger partial charge on any atom is -0.479 e. The summed E-state index contributed by atoms with van der Waals surface area (Å²) in [5, 5.41) is 0.273. The van der Waals surface area contributed by atoms with E-state index in [2.05, 4.69) is 0 Å². The molecular formula is C27H20ClFO6. The van der Waals surface area contributed by atoms with Gasteiger partial charge in [0.2, 0.25) is 5.43 Å². The van der Waals surface area contributed by atoms with Gasteiger partial charge in [-0.15, -0.1) is 0 Å². The van der Waals surface area contributed by atoms with Crippen molar-refractivity contribution < 1.29 is 27.9 Å². The molecule has 0 saturated carbocycles. The fourth-order valence-electron chi connectivity index (χ4n) is 3.59. The summed E-state index contributed by atoms with van der Waals surface area (Å²) in [4.78, 5) is 37.0. The van der Waals surface area contributed by atoms with Crippen LogP contribution in [0.1, 0.15) is 30.0 Å². The molecule has 0 spiro atoms. The van der Waals surface area contributed by atoms with Crippen LogP contribution in [0.5, 0.6) is 11.5 Å². The van der Waals surface area contributed by atoms with Crippen LogP contribution in [-0.2, 0) is 4.79 Å². The van der Waals surface area contributed by atoms with Crippen LogP contribution in [0.15, 0.2) is 69.9 Å². The lowest BCUT2D eigenvalue weighted by Crippen LogP contribution is -2.28. The van der Waals surface area contributed by atoms with E-state index in [1.165, 1.54) is 57.2 Å². The number of hydrogen-bond acceptors (Lipinski definition) is 6. The summed E-state index contributed by atoms with van der Waals surface area (Å²) >= 11 is 6.15. The van der Waals surface area contributed by atoms with E-state index in [9.17, 15) is 18.8 Å². The second-order valence-corrected chi connectivity index (χ2v) is 8.29. The number of fused-ring (bicyclic) bond motifs is 1. The normalized spacial score (nSPS) is 11.8. The first-order valence-corrected chi connectivity index (χ1v) is 11.0. The van der Waals surface area contributed by atoms with Crippen molar-refractivity contribution in [2.45, 2.75) is 26.9 Å². The Morgan fingerprint density at radius 2 is 1.69 bits per heavy atom. The molecule has 6 nitrogen and oxygen atoms in total. The summed E-state index contributed by atoms with van der Waals surface area (Å²) in [6.45, 7) is 4.51.